The summed E-state index contributed by atoms with van der Waals surface area (Å²) in [6.45, 7) is 0. The monoisotopic (exact) mass is 743 g/mol. The van der Waals surface area contributed by atoms with Gasteiger partial charge in [-0.2, -0.15) is 0 Å². The maximum absolute atomic E-state index is 14.4. The molecule has 6 atom stereocenters. The first-order chi connectivity index (χ1) is 23.9. The minimum Gasteiger partial charge on any atom is -0.502 e. The number of benzene rings is 2. The Labute approximate surface area is 300 Å². The fraction of sp³-hybridized carbons (Fsp3) is 0.394. The standard InChI is InChI=1S/C33H31Cl2N5O11/c1-36(2)26-21(39(46)47)12-16(13-22(26)40(48)49)38-28(42)18-8-7-17-19(25(18)29(38)43)14-32(34)30(44)37(3)31(45)33(32,35)20(17)9-6-15-10-23(50-4)27(41)24(11-15)51-5/h6-7,9-13,18-20,25,41H,8,14H2,1-5H3. The summed E-state index contributed by atoms with van der Waals surface area (Å²) in [5.74, 6) is -7.35. The zero-order valence-electron chi connectivity index (χ0n) is 27.8. The van der Waals surface area contributed by atoms with Crippen LogP contribution in [0.4, 0.5) is 22.7 Å². The molecule has 0 bridgehead atoms. The van der Waals surface area contributed by atoms with Crippen molar-refractivity contribution >= 4 is 75.7 Å². The number of halogens is 2. The Balaban J connectivity index is 1.47. The van der Waals surface area contributed by atoms with Crippen molar-refractivity contribution in [3.8, 4) is 17.2 Å². The van der Waals surface area contributed by atoms with E-state index in [2.05, 4.69) is 0 Å². The van der Waals surface area contributed by atoms with Gasteiger partial charge in [0.25, 0.3) is 11.8 Å². The predicted octanol–water partition coefficient (Wildman–Crippen LogP) is 4.03. The third kappa shape index (κ3) is 4.94. The quantitative estimate of drug-likeness (QED) is 0.134. The second kappa shape index (κ2) is 12.2. The summed E-state index contributed by atoms with van der Waals surface area (Å²) in [6, 6.07) is 4.88. The van der Waals surface area contributed by atoms with E-state index >= 15 is 0 Å². The predicted molar refractivity (Wildman–Crippen MR) is 183 cm³/mol. The smallest absolute Gasteiger partial charge is 0.301 e. The number of hydrogen-bond acceptors (Lipinski definition) is 12. The molecule has 1 N–H and O–H groups in total. The van der Waals surface area contributed by atoms with Gasteiger partial charge < -0.3 is 19.5 Å². The number of amides is 4. The summed E-state index contributed by atoms with van der Waals surface area (Å²) < 4.78 is 10.5. The number of nitrogens with zero attached hydrogens (tertiary/aromatic N) is 5. The summed E-state index contributed by atoms with van der Waals surface area (Å²) in [4.78, 5) is 76.8. The van der Waals surface area contributed by atoms with Crippen LogP contribution in [0, 0.1) is 43.9 Å². The molecule has 0 radical (unpaired) electrons. The van der Waals surface area contributed by atoms with Gasteiger partial charge in [-0.1, -0.05) is 23.8 Å². The van der Waals surface area contributed by atoms with Gasteiger partial charge in [-0.05, 0) is 36.5 Å². The lowest BCUT2D eigenvalue weighted by Crippen LogP contribution is -2.60. The van der Waals surface area contributed by atoms with Crippen LogP contribution in [0.5, 0.6) is 17.2 Å². The molecule has 6 unspecified atom stereocenters. The number of imide groups is 2. The van der Waals surface area contributed by atoms with Crippen LogP contribution in [0.3, 0.4) is 0 Å². The van der Waals surface area contributed by atoms with Gasteiger partial charge in [-0.15, -0.1) is 23.2 Å². The molecule has 4 amide bonds. The van der Waals surface area contributed by atoms with E-state index < -0.39 is 78.3 Å². The van der Waals surface area contributed by atoms with E-state index in [4.69, 9.17) is 32.7 Å². The molecule has 18 heteroatoms. The number of hydrogen-bond donors (Lipinski definition) is 1. The number of phenols is 1. The van der Waals surface area contributed by atoms with Gasteiger partial charge in [0.05, 0.1) is 41.6 Å². The number of phenolic OH excluding ortho intramolecular Hbond substituents is 1. The van der Waals surface area contributed by atoms with Crippen molar-refractivity contribution < 1.29 is 43.6 Å². The van der Waals surface area contributed by atoms with Gasteiger partial charge in [0.15, 0.2) is 26.9 Å². The largest absolute Gasteiger partial charge is 0.502 e. The van der Waals surface area contributed by atoms with Crippen molar-refractivity contribution in [2.45, 2.75) is 22.6 Å². The Hall–Kier alpha value is -5.22. The molecule has 51 heavy (non-hydrogen) atoms. The number of rotatable bonds is 8. The average molecular weight is 745 g/mol. The number of aromatic hydroxyl groups is 1. The molecule has 1 saturated carbocycles. The third-order valence-corrected chi connectivity index (χ3v) is 11.6. The molecule has 2 aliphatic carbocycles. The van der Waals surface area contributed by atoms with Crippen molar-refractivity contribution in [2.75, 3.05) is 45.2 Å². The van der Waals surface area contributed by atoms with Crippen LogP contribution in [-0.4, -0.2) is 88.6 Å². The molecule has 2 saturated heterocycles. The molecular weight excluding hydrogens is 713 g/mol. The highest BCUT2D eigenvalue weighted by molar-refractivity contribution is 6.53. The molecule has 0 aromatic heterocycles. The van der Waals surface area contributed by atoms with E-state index in [0.717, 1.165) is 17.0 Å². The molecular formula is C33H31Cl2N5O11. The number of nitro benzene ring substituents is 2. The van der Waals surface area contributed by atoms with Gasteiger partial charge in [0.1, 0.15) is 0 Å². The number of alkyl halides is 2. The summed E-state index contributed by atoms with van der Waals surface area (Å²) in [5, 5.41) is 34.5. The Morgan fingerprint density at radius 3 is 2.02 bits per heavy atom. The molecule has 268 valence electrons. The number of carbonyl (C=O) groups excluding carboxylic acids is 4. The number of fused-ring (bicyclic) bond motifs is 4. The maximum Gasteiger partial charge on any atom is 0.301 e. The number of likely N-dealkylation sites (tertiary alicyclic amines) is 1. The zero-order chi connectivity index (χ0) is 37.5. The number of ether oxygens (including phenoxy) is 2. The first-order valence-electron chi connectivity index (χ1n) is 15.5. The van der Waals surface area contributed by atoms with E-state index in [0.29, 0.717) is 16.0 Å². The van der Waals surface area contributed by atoms with Gasteiger partial charge in [0, 0.05) is 39.2 Å². The number of nitro groups is 2. The van der Waals surface area contributed by atoms with E-state index in [1.165, 1.54) is 52.4 Å². The van der Waals surface area contributed by atoms with Crippen molar-refractivity contribution in [1.29, 1.82) is 0 Å². The van der Waals surface area contributed by atoms with Gasteiger partial charge in [0.2, 0.25) is 17.6 Å². The molecule has 2 aromatic rings. The molecule has 3 fully saturated rings. The Morgan fingerprint density at radius 2 is 1.51 bits per heavy atom. The minimum atomic E-state index is -2.06. The van der Waals surface area contributed by atoms with Crippen molar-refractivity contribution in [2.24, 2.45) is 23.7 Å². The Bertz CT molecular complexity index is 1960. The van der Waals surface area contributed by atoms with E-state index in [9.17, 15) is 44.5 Å². The zero-order valence-corrected chi connectivity index (χ0v) is 29.3. The van der Waals surface area contributed by atoms with Crippen LogP contribution in [-0.2, 0) is 19.2 Å². The Morgan fingerprint density at radius 1 is 0.941 bits per heavy atom. The lowest BCUT2D eigenvalue weighted by molar-refractivity contribution is -0.392. The van der Waals surface area contributed by atoms with Gasteiger partial charge in [-0.25, -0.2) is 4.90 Å². The number of anilines is 2. The lowest BCUT2D eigenvalue weighted by Gasteiger charge is -2.49. The first-order valence-corrected chi connectivity index (χ1v) is 16.3. The molecule has 6 rings (SSSR count). The summed E-state index contributed by atoms with van der Waals surface area (Å²) >= 11 is 14.3. The van der Waals surface area contributed by atoms with Crippen molar-refractivity contribution in [3.63, 3.8) is 0 Å². The second-order valence-electron chi connectivity index (χ2n) is 12.9. The summed E-state index contributed by atoms with van der Waals surface area (Å²) in [7, 11) is 6.72. The highest BCUT2D eigenvalue weighted by Gasteiger charge is 2.75. The highest BCUT2D eigenvalue weighted by atomic mass is 35.5. The van der Waals surface area contributed by atoms with Crippen LogP contribution >= 0.6 is 23.2 Å². The highest BCUT2D eigenvalue weighted by Crippen LogP contribution is 2.63. The first kappa shape index (κ1) is 35.6. The summed E-state index contributed by atoms with van der Waals surface area (Å²) in [6.07, 6.45) is 4.50. The third-order valence-electron chi connectivity index (χ3n) is 10.2. The van der Waals surface area contributed by atoms with E-state index in [1.54, 1.807) is 18.2 Å². The fourth-order valence-electron chi connectivity index (χ4n) is 7.92. The fourth-order valence-corrected chi connectivity index (χ4v) is 8.89. The number of carbonyl (C=O) groups is 4. The van der Waals surface area contributed by atoms with Gasteiger partial charge in [-0.3, -0.25) is 44.3 Å². The van der Waals surface area contributed by atoms with Crippen LogP contribution in [0.1, 0.15) is 18.4 Å². The normalized spacial score (nSPS) is 28.4. The van der Waals surface area contributed by atoms with Crippen molar-refractivity contribution in [3.05, 3.63) is 67.8 Å². The minimum absolute atomic E-state index is 0.0109. The molecule has 0 spiro atoms. The van der Waals surface area contributed by atoms with Gasteiger partial charge >= 0.3 is 11.4 Å². The lowest BCUT2D eigenvalue weighted by atomic mass is 9.57. The number of methoxy groups -OCH3 is 2. The topological polar surface area (TPSA) is 203 Å². The van der Waals surface area contributed by atoms with E-state index in [-0.39, 0.29) is 41.5 Å². The molecule has 2 aromatic carbocycles. The molecule has 4 aliphatic rings. The van der Waals surface area contributed by atoms with E-state index in [1.807, 2.05) is 0 Å². The van der Waals surface area contributed by atoms with Crippen LogP contribution < -0.4 is 19.3 Å². The van der Waals surface area contributed by atoms with Crippen LogP contribution in [0.15, 0.2) is 42.0 Å². The molecule has 2 aliphatic heterocycles. The molecule has 2 heterocycles. The Kier molecular flexibility index (Phi) is 8.54. The summed E-state index contributed by atoms with van der Waals surface area (Å²) in [5.41, 5.74) is -1.13. The SMILES string of the molecule is COc1cc(C=CC2C3=CCC4C(=O)N(c5cc([N+](=O)[O-])c(N(C)C)c([N+](=O)[O-])c5)C(=O)C4C3CC3(Cl)C(=O)N(C)C(=O)C23Cl)cc(OC)c1O. The number of allylic oxidation sites excluding steroid dienone is 3. The maximum atomic E-state index is 14.4. The second-order valence-corrected chi connectivity index (χ2v) is 14.2. The average Bonchev–Trinajstić information content (AvgIpc) is 3.42. The van der Waals surface area contributed by atoms with Crippen LogP contribution in [0.25, 0.3) is 6.08 Å². The van der Waals surface area contributed by atoms with Crippen LogP contribution in [0.2, 0.25) is 0 Å². The molecule has 16 nitrogen and oxygen atoms in total. The van der Waals surface area contributed by atoms with Crippen molar-refractivity contribution in [1.82, 2.24) is 4.90 Å².